The van der Waals surface area contributed by atoms with Crippen LogP contribution in [0.1, 0.15) is 25.3 Å². The summed E-state index contributed by atoms with van der Waals surface area (Å²) in [7, 11) is 0. The molecular formula is C20H31F3IN3O2. The zero-order valence-corrected chi connectivity index (χ0v) is 19.1. The van der Waals surface area contributed by atoms with Gasteiger partial charge in [0.2, 0.25) is 0 Å². The van der Waals surface area contributed by atoms with E-state index in [0.29, 0.717) is 32.1 Å². The van der Waals surface area contributed by atoms with E-state index in [1.54, 1.807) is 0 Å². The van der Waals surface area contributed by atoms with Crippen LogP contribution in [0.5, 0.6) is 0 Å². The van der Waals surface area contributed by atoms with Crippen LogP contribution in [0.2, 0.25) is 0 Å². The predicted molar refractivity (Wildman–Crippen MR) is 119 cm³/mol. The number of hydrogen-bond donors (Lipinski definition) is 1. The van der Waals surface area contributed by atoms with Crippen molar-refractivity contribution in [1.82, 2.24) is 10.2 Å². The fourth-order valence-corrected chi connectivity index (χ4v) is 3.04. The van der Waals surface area contributed by atoms with Crippen LogP contribution in [0.3, 0.4) is 0 Å². The van der Waals surface area contributed by atoms with E-state index in [9.17, 15) is 13.2 Å². The van der Waals surface area contributed by atoms with E-state index in [-0.39, 0.29) is 30.6 Å². The number of alkyl halides is 3. The summed E-state index contributed by atoms with van der Waals surface area (Å²) in [4.78, 5) is 6.71. The summed E-state index contributed by atoms with van der Waals surface area (Å²) in [6.07, 6.45) is -2.78. The smallest absolute Gasteiger partial charge is 0.376 e. The molecule has 1 unspecified atom stereocenters. The van der Waals surface area contributed by atoms with E-state index < -0.39 is 12.8 Å². The zero-order valence-electron chi connectivity index (χ0n) is 16.8. The minimum absolute atomic E-state index is 0. The Kier molecular flexibility index (Phi) is 12.6. The Morgan fingerprint density at radius 1 is 1.24 bits per heavy atom. The van der Waals surface area contributed by atoms with Gasteiger partial charge in [-0.3, -0.25) is 4.99 Å². The van der Waals surface area contributed by atoms with Gasteiger partial charge in [0.25, 0.3) is 0 Å². The molecule has 166 valence electrons. The summed E-state index contributed by atoms with van der Waals surface area (Å²) in [5.41, 5.74) is 1.17. The van der Waals surface area contributed by atoms with E-state index in [1.165, 1.54) is 5.56 Å². The highest BCUT2D eigenvalue weighted by atomic mass is 127. The molecule has 9 heteroatoms. The Morgan fingerprint density at radius 2 is 2.00 bits per heavy atom. The number of rotatable bonds is 10. The Hall–Kier alpha value is -1.07. The third-order valence-electron chi connectivity index (χ3n) is 4.36. The van der Waals surface area contributed by atoms with Crippen molar-refractivity contribution < 1.29 is 22.6 Å². The number of ether oxygens (including phenoxy) is 2. The van der Waals surface area contributed by atoms with Crippen LogP contribution in [0, 0.1) is 5.92 Å². The number of nitrogens with one attached hydrogen (secondary N) is 1. The molecular weight excluding hydrogens is 498 g/mol. The van der Waals surface area contributed by atoms with Gasteiger partial charge >= 0.3 is 6.18 Å². The predicted octanol–water partition coefficient (Wildman–Crippen LogP) is 4.08. The second kappa shape index (κ2) is 14.0. The monoisotopic (exact) mass is 529 g/mol. The molecule has 0 aliphatic carbocycles. The molecule has 0 spiro atoms. The molecule has 1 heterocycles. The van der Waals surface area contributed by atoms with Crippen LogP contribution in [0.25, 0.3) is 0 Å². The number of guanidine groups is 1. The highest BCUT2D eigenvalue weighted by Gasteiger charge is 2.27. The summed E-state index contributed by atoms with van der Waals surface area (Å²) in [6, 6.07) is 10.1. The van der Waals surface area contributed by atoms with E-state index in [4.69, 9.17) is 4.74 Å². The Bertz CT molecular complexity index is 588. The van der Waals surface area contributed by atoms with Crippen LogP contribution in [-0.2, 0) is 16.1 Å². The third-order valence-corrected chi connectivity index (χ3v) is 4.36. The van der Waals surface area contributed by atoms with E-state index in [2.05, 4.69) is 32.1 Å². The minimum atomic E-state index is -4.27. The van der Waals surface area contributed by atoms with Crippen LogP contribution < -0.4 is 5.32 Å². The second-order valence-corrected chi connectivity index (χ2v) is 6.86. The lowest BCUT2D eigenvalue weighted by Crippen LogP contribution is -2.40. The standard InChI is InChI=1S/C20H30F3N3O2.HI/c1-2-24-19(25-10-6-12-27-16-20(21,22)23)26-11-9-18(13-26)15-28-14-17-7-4-3-5-8-17;/h3-5,7-8,18H,2,6,9-16H2,1H3,(H,24,25);1H. The van der Waals surface area contributed by atoms with Gasteiger partial charge in [0.1, 0.15) is 6.61 Å². The van der Waals surface area contributed by atoms with E-state index in [1.807, 2.05) is 25.1 Å². The highest BCUT2D eigenvalue weighted by Crippen LogP contribution is 2.17. The number of nitrogens with zero attached hydrogens (tertiary/aromatic N) is 2. The molecule has 0 amide bonds. The molecule has 1 aliphatic rings. The zero-order chi connectivity index (χ0) is 20.2. The van der Waals surface area contributed by atoms with Gasteiger partial charge in [-0.1, -0.05) is 30.3 Å². The number of hydrogen-bond acceptors (Lipinski definition) is 3. The fraction of sp³-hybridized carbons (Fsp3) is 0.650. The van der Waals surface area contributed by atoms with Crippen molar-refractivity contribution in [1.29, 1.82) is 0 Å². The first-order valence-corrected chi connectivity index (χ1v) is 9.77. The second-order valence-electron chi connectivity index (χ2n) is 6.86. The lowest BCUT2D eigenvalue weighted by Gasteiger charge is -2.21. The fourth-order valence-electron chi connectivity index (χ4n) is 3.04. The Morgan fingerprint density at radius 3 is 2.69 bits per heavy atom. The van der Waals surface area contributed by atoms with Crippen molar-refractivity contribution in [2.45, 2.75) is 32.5 Å². The molecule has 1 atom stereocenters. The van der Waals surface area contributed by atoms with Gasteiger partial charge in [0.15, 0.2) is 5.96 Å². The van der Waals surface area contributed by atoms with E-state index in [0.717, 1.165) is 32.0 Å². The van der Waals surface area contributed by atoms with Crippen molar-refractivity contribution in [2.24, 2.45) is 10.9 Å². The summed E-state index contributed by atoms with van der Waals surface area (Å²) >= 11 is 0. The maximum absolute atomic E-state index is 12.0. The molecule has 1 aromatic rings. The number of halogens is 4. The van der Waals surface area contributed by atoms with Gasteiger partial charge in [0, 0.05) is 38.7 Å². The average molecular weight is 529 g/mol. The number of likely N-dealkylation sites (tertiary alicyclic amines) is 1. The quantitative estimate of drug-likeness (QED) is 0.215. The first kappa shape index (κ1) is 26.0. The molecule has 0 bridgehead atoms. The maximum Gasteiger partial charge on any atom is 0.411 e. The summed E-state index contributed by atoms with van der Waals surface area (Å²) in [6.45, 7) is 5.12. The van der Waals surface area contributed by atoms with Crippen molar-refractivity contribution in [3.05, 3.63) is 35.9 Å². The van der Waals surface area contributed by atoms with Crippen molar-refractivity contribution in [2.75, 3.05) is 46.0 Å². The van der Waals surface area contributed by atoms with Crippen LogP contribution >= 0.6 is 24.0 Å². The first-order valence-electron chi connectivity index (χ1n) is 9.77. The molecule has 29 heavy (non-hydrogen) atoms. The van der Waals surface area contributed by atoms with Gasteiger partial charge in [-0.05, 0) is 25.3 Å². The number of aliphatic imine (C=N–C) groups is 1. The van der Waals surface area contributed by atoms with Crippen LogP contribution in [0.15, 0.2) is 35.3 Å². The van der Waals surface area contributed by atoms with Gasteiger partial charge in [0.05, 0.1) is 13.2 Å². The molecule has 1 N–H and O–H groups in total. The normalized spacial score (nSPS) is 17.3. The lowest BCUT2D eigenvalue weighted by molar-refractivity contribution is -0.173. The molecule has 5 nitrogen and oxygen atoms in total. The molecule has 0 aromatic heterocycles. The van der Waals surface area contributed by atoms with Crippen molar-refractivity contribution in [3.8, 4) is 0 Å². The van der Waals surface area contributed by atoms with Gasteiger partial charge in [-0.25, -0.2) is 0 Å². The molecule has 0 radical (unpaired) electrons. The van der Waals surface area contributed by atoms with Crippen molar-refractivity contribution >= 4 is 29.9 Å². The van der Waals surface area contributed by atoms with Crippen LogP contribution in [-0.4, -0.2) is 63.0 Å². The molecule has 1 aliphatic heterocycles. The summed E-state index contributed by atoms with van der Waals surface area (Å²) in [5, 5.41) is 3.26. The SMILES string of the molecule is CCNC(=NCCCOCC(F)(F)F)N1CCC(COCc2ccccc2)C1.I. The minimum Gasteiger partial charge on any atom is -0.376 e. The first-order chi connectivity index (χ1) is 13.5. The molecule has 0 saturated carbocycles. The average Bonchev–Trinajstić information content (AvgIpc) is 3.12. The lowest BCUT2D eigenvalue weighted by atomic mass is 10.1. The van der Waals surface area contributed by atoms with E-state index >= 15 is 0 Å². The third kappa shape index (κ3) is 11.0. The van der Waals surface area contributed by atoms with Gasteiger partial charge in [-0.15, -0.1) is 24.0 Å². The van der Waals surface area contributed by atoms with Crippen LogP contribution in [0.4, 0.5) is 13.2 Å². The molecule has 1 aromatic carbocycles. The van der Waals surface area contributed by atoms with Crippen molar-refractivity contribution in [3.63, 3.8) is 0 Å². The highest BCUT2D eigenvalue weighted by molar-refractivity contribution is 14.0. The number of benzene rings is 1. The molecule has 1 saturated heterocycles. The molecule has 1 fully saturated rings. The molecule has 2 rings (SSSR count). The maximum atomic E-state index is 12.0. The largest absolute Gasteiger partial charge is 0.411 e. The Balaban J connectivity index is 0.00000420. The summed E-state index contributed by atoms with van der Waals surface area (Å²) < 4.78 is 46.6. The topological polar surface area (TPSA) is 46.1 Å². The van der Waals surface area contributed by atoms with Gasteiger partial charge < -0.3 is 19.7 Å². The summed E-state index contributed by atoms with van der Waals surface area (Å²) in [5.74, 6) is 1.26. The van der Waals surface area contributed by atoms with Gasteiger partial charge in [-0.2, -0.15) is 13.2 Å². The Labute approximate surface area is 188 Å².